The lowest BCUT2D eigenvalue weighted by molar-refractivity contribution is -0.131. The van der Waals surface area contributed by atoms with Gasteiger partial charge >= 0.3 is 0 Å². The summed E-state index contributed by atoms with van der Waals surface area (Å²) in [6, 6.07) is 3.19. The van der Waals surface area contributed by atoms with Gasteiger partial charge in [0.15, 0.2) is 4.77 Å². The Balaban J connectivity index is 2.27. The van der Waals surface area contributed by atoms with Crippen LogP contribution in [0.3, 0.4) is 0 Å². The van der Waals surface area contributed by atoms with Crippen molar-refractivity contribution in [2.24, 2.45) is 0 Å². The van der Waals surface area contributed by atoms with Crippen LogP contribution in [0.1, 0.15) is 20.3 Å². The maximum atomic E-state index is 13.7. The van der Waals surface area contributed by atoms with E-state index in [9.17, 15) is 9.18 Å². The molecule has 2 rings (SSSR count). The molecule has 0 aliphatic rings. The zero-order valence-corrected chi connectivity index (χ0v) is 14.9. The van der Waals surface area contributed by atoms with Gasteiger partial charge in [-0.15, -0.1) is 0 Å². The van der Waals surface area contributed by atoms with Crippen LogP contribution >= 0.6 is 34.8 Å². The quantitative estimate of drug-likeness (QED) is 0.591. The summed E-state index contributed by atoms with van der Waals surface area (Å²) >= 11 is 7.22. The molecule has 0 aliphatic heterocycles. The largest absolute Gasteiger partial charge is 0.343 e. The third-order valence-corrected chi connectivity index (χ3v) is 4.63. The van der Waals surface area contributed by atoms with Crippen molar-refractivity contribution < 1.29 is 9.18 Å². The maximum absolute atomic E-state index is 13.7. The first-order valence-electron chi connectivity index (χ1n) is 6.83. The lowest BCUT2D eigenvalue weighted by Gasteiger charge is -2.18. The average Bonchev–Trinajstić information content (AvgIpc) is 2.73. The highest BCUT2D eigenvalue weighted by Gasteiger charge is 2.13. The summed E-state index contributed by atoms with van der Waals surface area (Å²) in [6.07, 6.45) is 0.358. The van der Waals surface area contributed by atoms with Crippen molar-refractivity contribution in [3.63, 3.8) is 0 Å². The number of H-pyrrole nitrogens is 1. The SMILES string of the molecule is CCN(CC)C(=O)CCn1c(=S)[nH]c2cc(I)c(F)cc21. The molecular weight excluding hydrogens is 404 g/mol. The van der Waals surface area contributed by atoms with Gasteiger partial charge in [-0.1, -0.05) is 0 Å². The molecule has 1 aromatic heterocycles. The van der Waals surface area contributed by atoms with E-state index >= 15 is 0 Å². The number of aromatic nitrogens is 2. The van der Waals surface area contributed by atoms with E-state index < -0.39 is 0 Å². The Hall–Kier alpha value is -0.960. The summed E-state index contributed by atoms with van der Waals surface area (Å²) in [5.41, 5.74) is 1.49. The van der Waals surface area contributed by atoms with Crippen LogP contribution in [0, 0.1) is 14.2 Å². The predicted molar refractivity (Wildman–Crippen MR) is 92.3 cm³/mol. The Morgan fingerprint density at radius 1 is 1.43 bits per heavy atom. The van der Waals surface area contributed by atoms with Gasteiger partial charge in [0.1, 0.15) is 5.82 Å². The van der Waals surface area contributed by atoms with Gasteiger partial charge in [0, 0.05) is 32.1 Å². The number of nitrogens with one attached hydrogen (secondary N) is 1. The monoisotopic (exact) mass is 421 g/mol. The van der Waals surface area contributed by atoms with Crippen LogP contribution in [0.5, 0.6) is 0 Å². The van der Waals surface area contributed by atoms with Gasteiger partial charge in [-0.3, -0.25) is 4.79 Å². The highest BCUT2D eigenvalue weighted by Crippen LogP contribution is 2.21. The van der Waals surface area contributed by atoms with Gasteiger partial charge in [0.05, 0.1) is 14.6 Å². The number of fused-ring (bicyclic) bond motifs is 1. The first kappa shape index (κ1) is 16.4. The number of benzene rings is 1. The highest BCUT2D eigenvalue weighted by atomic mass is 127. The molecule has 0 fully saturated rings. The van der Waals surface area contributed by atoms with Gasteiger partial charge in [-0.2, -0.15) is 0 Å². The third kappa shape index (κ3) is 3.45. The topological polar surface area (TPSA) is 41.0 Å². The Kier molecular flexibility index (Phi) is 5.37. The van der Waals surface area contributed by atoms with Gasteiger partial charge in [0.2, 0.25) is 5.91 Å². The fourth-order valence-corrected chi connectivity index (χ4v) is 3.08. The Morgan fingerprint density at radius 2 is 2.10 bits per heavy atom. The fourth-order valence-electron chi connectivity index (χ4n) is 2.32. The van der Waals surface area contributed by atoms with Gasteiger partial charge < -0.3 is 14.5 Å². The number of carbonyl (C=O) groups is 1. The summed E-state index contributed by atoms with van der Waals surface area (Å²) < 4.78 is 16.6. The van der Waals surface area contributed by atoms with Crippen molar-refractivity contribution >= 4 is 51.7 Å². The second-order valence-electron chi connectivity index (χ2n) is 4.68. The summed E-state index contributed by atoms with van der Waals surface area (Å²) in [5.74, 6) is -0.192. The van der Waals surface area contributed by atoms with Gasteiger partial charge in [-0.25, -0.2) is 4.39 Å². The molecule has 4 nitrogen and oxygen atoms in total. The zero-order chi connectivity index (χ0) is 15.6. The molecule has 0 atom stereocenters. The van der Waals surface area contributed by atoms with E-state index in [0.29, 0.717) is 39.9 Å². The molecule has 1 amide bonds. The molecular formula is C14H17FIN3OS. The smallest absolute Gasteiger partial charge is 0.224 e. The van der Waals surface area contributed by atoms with E-state index in [1.807, 2.05) is 36.4 Å². The zero-order valence-electron chi connectivity index (χ0n) is 11.9. The van der Waals surface area contributed by atoms with E-state index in [2.05, 4.69) is 4.98 Å². The lowest BCUT2D eigenvalue weighted by Crippen LogP contribution is -2.31. The molecule has 0 bridgehead atoms. The number of aryl methyl sites for hydroxylation is 1. The summed E-state index contributed by atoms with van der Waals surface area (Å²) in [4.78, 5) is 16.9. The lowest BCUT2D eigenvalue weighted by atomic mass is 10.3. The molecule has 21 heavy (non-hydrogen) atoms. The number of carbonyl (C=O) groups excluding carboxylic acids is 1. The van der Waals surface area contributed by atoms with Crippen molar-refractivity contribution in [3.8, 4) is 0 Å². The molecule has 114 valence electrons. The van der Waals surface area contributed by atoms with E-state index in [-0.39, 0.29) is 11.7 Å². The van der Waals surface area contributed by atoms with Crippen LogP contribution in [0.4, 0.5) is 4.39 Å². The van der Waals surface area contributed by atoms with Crippen LogP contribution in [-0.4, -0.2) is 33.4 Å². The second kappa shape index (κ2) is 6.87. The average molecular weight is 421 g/mol. The van der Waals surface area contributed by atoms with Crippen LogP contribution in [0.15, 0.2) is 12.1 Å². The molecule has 0 saturated heterocycles. The Morgan fingerprint density at radius 3 is 2.71 bits per heavy atom. The number of nitrogens with zero attached hydrogens (tertiary/aromatic N) is 2. The summed E-state index contributed by atoms with van der Waals surface area (Å²) in [5, 5.41) is 0. The van der Waals surface area contributed by atoms with Gasteiger partial charge in [-0.05, 0) is 54.7 Å². The summed E-state index contributed by atoms with van der Waals surface area (Å²) in [7, 11) is 0. The minimum Gasteiger partial charge on any atom is -0.343 e. The molecule has 0 spiro atoms. The predicted octanol–water partition coefficient (Wildman–Crippen LogP) is 3.70. The number of hydrogen-bond acceptors (Lipinski definition) is 2. The van der Waals surface area contributed by atoms with Crippen molar-refractivity contribution in [2.75, 3.05) is 13.1 Å². The molecule has 0 aliphatic carbocycles. The van der Waals surface area contributed by atoms with E-state index in [0.717, 1.165) is 5.52 Å². The number of imidazole rings is 1. The van der Waals surface area contributed by atoms with E-state index in [1.165, 1.54) is 6.07 Å². The molecule has 0 unspecified atom stereocenters. The minimum absolute atomic E-state index is 0.0854. The molecule has 7 heteroatoms. The molecule has 0 saturated carbocycles. The first-order chi connectivity index (χ1) is 9.97. The number of hydrogen-bond donors (Lipinski definition) is 1. The maximum Gasteiger partial charge on any atom is 0.224 e. The number of halogens is 2. The minimum atomic E-state index is -0.277. The van der Waals surface area contributed by atoms with Gasteiger partial charge in [0.25, 0.3) is 0 Å². The second-order valence-corrected chi connectivity index (χ2v) is 6.23. The van der Waals surface area contributed by atoms with Crippen molar-refractivity contribution in [1.82, 2.24) is 14.5 Å². The van der Waals surface area contributed by atoms with Crippen LogP contribution < -0.4 is 0 Å². The number of aromatic amines is 1. The highest BCUT2D eigenvalue weighted by molar-refractivity contribution is 14.1. The number of amides is 1. The molecule has 1 heterocycles. The third-order valence-electron chi connectivity index (χ3n) is 3.48. The van der Waals surface area contributed by atoms with Crippen molar-refractivity contribution in [1.29, 1.82) is 0 Å². The van der Waals surface area contributed by atoms with Crippen LogP contribution in [0.25, 0.3) is 11.0 Å². The van der Waals surface area contributed by atoms with Crippen LogP contribution in [-0.2, 0) is 11.3 Å². The van der Waals surface area contributed by atoms with Crippen LogP contribution in [0.2, 0.25) is 0 Å². The van der Waals surface area contributed by atoms with Crippen molar-refractivity contribution in [2.45, 2.75) is 26.8 Å². The number of rotatable bonds is 5. The molecule has 0 radical (unpaired) electrons. The molecule has 2 aromatic rings. The fraction of sp³-hybridized carbons (Fsp3) is 0.429. The van der Waals surface area contributed by atoms with E-state index in [1.54, 1.807) is 15.5 Å². The molecule has 1 aromatic carbocycles. The molecule has 1 N–H and O–H groups in total. The standard InChI is InChI=1S/C14H17FIN3OS/c1-3-18(4-2)13(20)5-6-19-12-7-9(15)10(16)8-11(12)17-14(19)21/h7-8H,3-6H2,1-2H3,(H,17,21). The first-order valence-corrected chi connectivity index (χ1v) is 8.32. The van der Waals surface area contributed by atoms with E-state index in [4.69, 9.17) is 12.2 Å². The summed E-state index contributed by atoms with van der Waals surface area (Å²) in [6.45, 7) is 5.75. The normalized spacial score (nSPS) is 11.0. The Bertz CT molecular complexity index is 721. The van der Waals surface area contributed by atoms with Crippen molar-refractivity contribution in [3.05, 3.63) is 26.3 Å². The Labute approximate surface area is 141 Å².